The van der Waals surface area contributed by atoms with Crippen molar-refractivity contribution in [2.24, 2.45) is 0 Å². The summed E-state index contributed by atoms with van der Waals surface area (Å²) >= 11 is 6.08. The lowest BCUT2D eigenvalue weighted by Gasteiger charge is -2.37. The van der Waals surface area contributed by atoms with Gasteiger partial charge >= 0.3 is 0 Å². The van der Waals surface area contributed by atoms with Gasteiger partial charge in [-0.1, -0.05) is 23.7 Å². The summed E-state index contributed by atoms with van der Waals surface area (Å²) in [6.45, 7) is 4.30. The van der Waals surface area contributed by atoms with Crippen LogP contribution in [-0.2, 0) is 11.3 Å². The minimum absolute atomic E-state index is 0.0513. The largest absolute Gasteiger partial charge is 0.394 e. The van der Waals surface area contributed by atoms with E-state index in [1.54, 1.807) is 0 Å². The number of halogens is 1. The first-order valence-electron chi connectivity index (χ1n) is 7.42. The average molecular weight is 322 g/mol. The molecule has 1 aliphatic rings. The van der Waals surface area contributed by atoms with E-state index in [-0.39, 0.29) is 12.7 Å². The molecule has 1 aromatic carbocycles. The molecule has 1 fully saturated rings. The van der Waals surface area contributed by atoms with Crippen LogP contribution in [0.1, 0.15) is 12.5 Å². The number of aromatic nitrogens is 2. The van der Waals surface area contributed by atoms with Gasteiger partial charge in [0.1, 0.15) is 0 Å². The van der Waals surface area contributed by atoms with Gasteiger partial charge in [0.2, 0.25) is 0 Å². The molecule has 1 aliphatic heterocycles. The Kier molecular flexibility index (Phi) is 4.78. The molecule has 5 nitrogen and oxygen atoms in total. The highest BCUT2D eigenvalue weighted by Crippen LogP contribution is 2.26. The van der Waals surface area contributed by atoms with Gasteiger partial charge in [0, 0.05) is 35.3 Å². The lowest BCUT2D eigenvalue weighted by atomic mass is 10.1. The SMILES string of the molecule is C[C@H]1CO[C@@H](CO)CN1Cc1cn[nH]c1-c1cccc(Cl)c1. The maximum atomic E-state index is 9.30. The number of aliphatic hydroxyl groups is 1. The Morgan fingerprint density at radius 3 is 3.14 bits per heavy atom. The van der Waals surface area contributed by atoms with Crippen molar-refractivity contribution in [2.45, 2.75) is 25.6 Å². The van der Waals surface area contributed by atoms with E-state index in [1.807, 2.05) is 30.5 Å². The van der Waals surface area contributed by atoms with Crippen LogP contribution >= 0.6 is 11.6 Å². The van der Waals surface area contributed by atoms with Gasteiger partial charge in [-0.2, -0.15) is 5.10 Å². The molecule has 118 valence electrons. The highest BCUT2D eigenvalue weighted by molar-refractivity contribution is 6.30. The minimum atomic E-state index is -0.113. The van der Waals surface area contributed by atoms with Crippen molar-refractivity contribution in [3.05, 3.63) is 41.0 Å². The van der Waals surface area contributed by atoms with Crippen LogP contribution in [-0.4, -0.2) is 52.1 Å². The number of hydrogen-bond donors (Lipinski definition) is 2. The van der Waals surface area contributed by atoms with Crippen LogP contribution in [0.25, 0.3) is 11.3 Å². The van der Waals surface area contributed by atoms with E-state index >= 15 is 0 Å². The fraction of sp³-hybridized carbons (Fsp3) is 0.438. The fourth-order valence-electron chi connectivity index (χ4n) is 2.75. The minimum Gasteiger partial charge on any atom is -0.394 e. The lowest BCUT2D eigenvalue weighted by molar-refractivity contribution is -0.0805. The molecule has 0 spiro atoms. The molecule has 0 saturated carbocycles. The normalized spacial score (nSPS) is 22.9. The average Bonchev–Trinajstić information content (AvgIpc) is 2.97. The number of nitrogens with zero attached hydrogens (tertiary/aromatic N) is 2. The summed E-state index contributed by atoms with van der Waals surface area (Å²) in [6, 6.07) is 8.04. The standard InChI is InChI=1S/C16H20ClN3O2/c1-11-10-22-15(9-21)8-20(11)7-13-6-18-19-16(13)12-3-2-4-14(17)5-12/h2-6,11,15,21H,7-10H2,1H3,(H,18,19)/t11-,15+/m0/s1. The molecule has 3 rings (SSSR count). The number of aromatic amines is 1. The third-order valence-electron chi connectivity index (χ3n) is 4.04. The highest BCUT2D eigenvalue weighted by atomic mass is 35.5. The van der Waals surface area contributed by atoms with Crippen molar-refractivity contribution in [1.82, 2.24) is 15.1 Å². The molecule has 2 aromatic rings. The van der Waals surface area contributed by atoms with Crippen LogP contribution in [0.3, 0.4) is 0 Å². The van der Waals surface area contributed by atoms with Crippen LogP contribution in [0.15, 0.2) is 30.5 Å². The topological polar surface area (TPSA) is 61.4 Å². The van der Waals surface area contributed by atoms with Crippen molar-refractivity contribution in [3.63, 3.8) is 0 Å². The van der Waals surface area contributed by atoms with E-state index in [1.165, 1.54) is 0 Å². The van der Waals surface area contributed by atoms with E-state index in [0.717, 1.165) is 29.9 Å². The molecule has 2 N–H and O–H groups in total. The molecule has 0 unspecified atom stereocenters. The van der Waals surface area contributed by atoms with Crippen LogP contribution in [0.2, 0.25) is 5.02 Å². The summed E-state index contributed by atoms with van der Waals surface area (Å²) < 4.78 is 5.59. The molecular weight excluding hydrogens is 302 g/mol. The summed E-state index contributed by atoms with van der Waals surface area (Å²) in [5.74, 6) is 0. The van der Waals surface area contributed by atoms with E-state index in [0.29, 0.717) is 17.7 Å². The highest BCUT2D eigenvalue weighted by Gasteiger charge is 2.26. The third-order valence-corrected chi connectivity index (χ3v) is 4.28. The van der Waals surface area contributed by atoms with Gasteiger partial charge in [-0.3, -0.25) is 10.00 Å². The number of morpholine rings is 1. The predicted octanol–water partition coefficient (Wildman–Crippen LogP) is 2.31. The smallest absolute Gasteiger partial charge is 0.0933 e. The zero-order valence-corrected chi connectivity index (χ0v) is 13.3. The Bertz CT molecular complexity index is 631. The maximum Gasteiger partial charge on any atom is 0.0933 e. The molecule has 22 heavy (non-hydrogen) atoms. The molecule has 0 radical (unpaired) electrons. The number of hydrogen-bond acceptors (Lipinski definition) is 4. The van der Waals surface area contributed by atoms with Gasteiger partial charge < -0.3 is 9.84 Å². The number of rotatable bonds is 4. The summed E-state index contributed by atoms with van der Waals surface area (Å²) in [6.07, 6.45) is 1.74. The zero-order chi connectivity index (χ0) is 15.5. The van der Waals surface area contributed by atoms with Crippen LogP contribution in [0, 0.1) is 0 Å². The van der Waals surface area contributed by atoms with Gasteiger partial charge in [0.25, 0.3) is 0 Å². The van der Waals surface area contributed by atoms with Gasteiger partial charge in [-0.05, 0) is 19.1 Å². The quantitative estimate of drug-likeness (QED) is 0.907. The summed E-state index contributed by atoms with van der Waals surface area (Å²) in [4.78, 5) is 2.31. The molecule has 0 aliphatic carbocycles. The summed E-state index contributed by atoms with van der Waals surface area (Å²) in [7, 11) is 0. The van der Waals surface area contributed by atoms with Crippen molar-refractivity contribution < 1.29 is 9.84 Å². The Balaban J connectivity index is 1.80. The van der Waals surface area contributed by atoms with Crippen molar-refractivity contribution in [2.75, 3.05) is 19.8 Å². The Morgan fingerprint density at radius 1 is 1.50 bits per heavy atom. The first-order valence-corrected chi connectivity index (χ1v) is 7.80. The van der Waals surface area contributed by atoms with Crippen LogP contribution in [0.4, 0.5) is 0 Å². The second-order valence-electron chi connectivity index (χ2n) is 5.70. The van der Waals surface area contributed by atoms with E-state index in [9.17, 15) is 5.11 Å². The lowest BCUT2D eigenvalue weighted by Crippen LogP contribution is -2.48. The summed E-state index contributed by atoms with van der Waals surface area (Å²) in [5, 5.41) is 17.3. The number of aliphatic hydroxyl groups excluding tert-OH is 1. The number of nitrogens with one attached hydrogen (secondary N) is 1. The molecule has 0 amide bonds. The monoisotopic (exact) mass is 321 g/mol. The van der Waals surface area contributed by atoms with Crippen LogP contribution < -0.4 is 0 Å². The molecule has 2 atom stereocenters. The van der Waals surface area contributed by atoms with Gasteiger partial charge in [0.15, 0.2) is 0 Å². The molecule has 6 heteroatoms. The van der Waals surface area contributed by atoms with Gasteiger partial charge in [0.05, 0.1) is 31.2 Å². The number of H-pyrrole nitrogens is 1. The molecule has 2 heterocycles. The van der Waals surface area contributed by atoms with Crippen LogP contribution in [0.5, 0.6) is 0 Å². The fourth-order valence-corrected chi connectivity index (χ4v) is 2.94. The summed E-state index contributed by atoms with van der Waals surface area (Å²) in [5.41, 5.74) is 3.13. The Morgan fingerprint density at radius 2 is 2.36 bits per heavy atom. The second kappa shape index (κ2) is 6.79. The molecular formula is C16H20ClN3O2. The van der Waals surface area contributed by atoms with E-state index in [2.05, 4.69) is 22.0 Å². The number of benzene rings is 1. The zero-order valence-electron chi connectivity index (χ0n) is 12.5. The maximum absolute atomic E-state index is 9.30. The van der Waals surface area contributed by atoms with Crippen molar-refractivity contribution in [1.29, 1.82) is 0 Å². The van der Waals surface area contributed by atoms with Crippen molar-refractivity contribution in [3.8, 4) is 11.3 Å². The molecule has 1 saturated heterocycles. The Labute approximate surface area is 134 Å². The first-order chi connectivity index (χ1) is 10.7. The van der Waals surface area contributed by atoms with E-state index in [4.69, 9.17) is 16.3 Å². The van der Waals surface area contributed by atoms with E-state index < -0.39 is 0 Å². The predicted molar refractivity (Wildman–Crippen MR) is 85.7 cm³/mol. The number of ether oxygens (including phenoxy) is 1. The Hall–Kier alpha value is -1.40. The molecule has 1 aromatic heterocycles. The third kappa shape index (κ3) is 3.33. The molecule has 0 bridgehead atoms. The van der Waals surface area contributed by atoms with Gasteiger partial charge in [-0.15, -0.1) is 0 Å². The second-order valence-corrected chi connectivity index (χ2v) is 6.13. The van der Waals surface area contributed by atoms with Crippen molar-refractivity contribution >= 4 is 11.6 Å². The van der Waals surface area contributed by atoms with Gasteiger partial charge in [-0.25, -0.2) is 0 Å². The first kappa shape index (κ1) is 15.5.